The van der Waals surface area contributed by atoms with Gasteiger partial charge in [0.25, 0.3) is 5.91 Å². The molecule has 0 spiro atoms. The minimum atomic E-state index is -0.190. The first-order chi connectivity index (χ1) is 12.2. The van der Waals surface area contributed by atoms with Crippen molar-refractivity contribution in [3.05, 3.63) is 42.1 Å². The Kier molecular flexibility index (Phi) is 5.93. The molecule has 1 heterocycles. The van der Waals surface area contributed by atoms with Crippen LogP contribution in [0.2, 0.25) is 0 Å². The van der Waals surface area contributed by atoms with E-state index < -0.39 is 0 Å². The first-order valence-electron chi connectivity index (χ1n) is 8.74. The molecule has 134 valence electrons. The van der Waals surface area contributed by atoms with Gasteiger partial charge in [-0.15, -0.1) is 0 Å². The summed E-state index contributed by atoms with van der Waals surface area (Å²) in [5.74, 6) is 2.22. The summed E-state index contributed by atoms with van der Waals surface area (Å²) in [5, 5.41) is 2.95. The molecule has 1 amide bonds. The zero-order chi connectivity index (χ0) is 17.5. The number of carbonyl (C=O) groups is 1. The van der Waals surface area contributed by atoms with Gasteiger partial charge in [-0.05, 0) is 43.0 Å². The van der Waals surface area contributed by atoms with Crippen molar-refractivity contribution in [1.29, 1.82) is 0 Å². The summed E-state index contributed by atoms with van der Waals surface area (Å²) in [4.78, 5) is 16.4. The highest BCUT2D eigenvalue weighted by Crippen LogP contribution is 2.23. The number of hydrogen-bond donors (Lipinski definition) is 1. The number of ether oxygens (including phenoxy) is 2. The molecule has 3 rings (SSSR count). The molecule has 0 atom stereocenters. The summed E-state index contributed by atoms with van der Waals surface area (Å²) in [7, 11) is 1.61. The van der Waals surface area contributed by atoms with Gasteiger partial charge >= 0.3 is 0 Å². The molecule has 0 aliphatic heterocycles. The molecule has 0 saturated heterocycles. The van der Waals surface area contributed by atoms with Crippen LogP contribution in [0.4, 0.5) is 0 Å². The van der Waals surface area contributed by atoms with Crippen LogP contribution < -0.4 is 14.8 Å². The van der Waals surface area contributed by atoms with Gasteiger partial charge in [0.1, 0.15) is 17.8 Å². The third kappa shape index (κ3) is 4.98. The van der Waals surface area contributed by atoms with E-state index in [4.69, 9.17) is 13.9 Å². The number of amides is 1. The van der Waals surface area contributed by atoms with Gasteiger partial charge in [-0.2, -0.15) is 0 Å². The fourth-order valence-electron chi connectivity index (χ4n) is 3.02. The van der Waals surface area contributed by atoms with Crippen molar-refractivity contribution in [2.24, 2.45) is 5.92 Å². The van der Waals surface area contributed by atoms with Gasteiger partial charge in [-0.1, -0.05) is 19.3 Å². The van der Waals surface area contributed by atoms with Crippen molar-refractivity contribution in [3.8, 4) is 11.5 Å². The number of rotatable bonds is 7. The lowest BCUT2D eigenvalue weighted by Gasteiger charge is -2.21. The number of nitrogens with zero attached hydrogens (tertiary/aromatic N) is 1. The quantitative estimate of drug-likeness (QED) is 0.831. The zero-order valence-electron chi connectivity index (χ0n) is 14.5. The molecule has 2 aromatic rings. The summed E-state index contributed by atoms with van der Waals surface area (Å²) in [6, 6.07) is 7.24. The normalized spacial score (nSPS) is 14.9. The number of hydrogen-bond acceptors (Lipinski definition) is 5. The standard InChI is InChI=1S/C19H24N2O4/c1-23-15-7-9-16(10-8-15)24-13-18-21-17(12-25-18)19(22)20-11-14-5-3-2-4-6-14/h7-10,12,14H,2-6,11,13H2,1H3,(H,20,22). The molecule has 1 aliphatic carbocycles. The van der Waals surface area contributed by atoms with Crippen LogP contribution in [0.15, 0.2) is 34.9 Å². The van der Waals surface area contributed by atoms with Crippen molar-refractivity contribution in [1.82, 2.24) is 10.3 Å². The zero-order valence-corrected chi connectivity index (χ0v) is 14.5. The van der Waals surface area contributed by atoms with Gasteiger partial charge in [-0.3, -0.25) is 4.79 Å². The highest BCUT2D eigenvalue weighted by molar-refractivity contribution is 5.91. The predicted molar refractivity (Wildman–Crippen MR) is 92.7 cm³/mol. The summed E-state index contributed by atoms with van der Waals surface area (Å²) in [5.41, 5.74) is 0.296. The molecule has 0 radical (unpaired) electrons. The van der Waals surface area contributed by atoms with Gasteiger partial charge < -0.3 is 19.2 Å². The number of carbonyl (C=O) groups excluding carboxylic acids is 1. The molecule has 0 unspecified atom stereocenters. The molecule has 1 N–H and O–H groups in total. The highest BCUT2D eigenvalue weighted by Gasteiger charge is 2.17. The number of benzene rings is 1. The fourth-order valence-corrected chi connectivity index (χ4v) is 3.02. The maximum absolute atomic E-state index is 12.2. The van der Waals surface area contributed by atoms with Crippen LogP contribution in [0.5, 0.6) is 11.5 Å². The second kappa shape index (κ2) is 8.55. The van der Waals surface area contributed by atoms with Crippen LogP contribution in [0, 0.1) is 5.92 Å². The Hall–Kier alpha value is -2.50. The summed E-state index contributed by atoms with van der Waals surface area (Å²) in [6.07, 6.45) is 7.60. The molecule has 6 heteroatoms. The third-order valence-electron chi connectivity index (χ3n) is 4.48. The Bertz CT molecular complexity index is 675. The van der Waals surface area contributed by atoms with E-state index in [1.807, 2.05) is 12.1 Å². The van der Waals surface area contributed by atoms with Gasteiger partial charge in [0.2, 0.25) is 5.89 Å². The van der Waals surface area contributed by atoms with Gasteiger partial charge in [-0.25, -0.2) is 4.98 Å². The molecule has 0 bridgehead atoms. The first-order valence-corrected chi connectivity index (χ1v) is 8.74. The van der Waals surface area contributed by atoms with E-state index in [1.165, 1.54) is 38.4 Å². The van der Waals surface area contributed by atoms with Gasteiger partial charge in [0.05, 0.1) is 7.11 Å². The Morgan fingerprint density at radius 1 is 1.20 bits per heavy atom. The third-order valence-corrected chi connectivity index (χ3v) is 4.48. The van der Waals surface area contributed by atoms with Crippen molar-refractivity contribution < 1.29 is 18.7 Å². The molecular weight excluding hydrogens is 320 g/mol. The largest absolute Gasteiger partial charge is 0.497 e. The molecule has 1 fully saturated rings. The van der Waals surface area contributed by atoms with Crippen LogP contribution >= 0.6 is 0 Å². The fraction of sp³-hybridized carbons (Fsp3) is 0.474. The topological polar surface area (TPSA) is 73.6 Å². The average Bonchev–Trinajstić information content (AvgIpc) is 3.15. The monoisotopic (exact) mass is 344 g/mol. The first kappa shape index (κ1) is 17.3. The van der Waals surface area contributed by atoms with E-state index in [0.717, 1.165) is 5.75 Å². The summed E-state index contributed by atoms with van der Waals surface area (Å²) < 4.78 is 16.0. The smallest absolute Gasteiger partial charge is 0.273 e. The van der Waals surface area contributed by atoms with Crippen molar-refractivity contribution in [3.63, 3.8) is 0 Å². The van der Waals surface area contributed by atoms with Crippen LogP contribution in [0.1, 0.15) is 48.5 Å². The van der Waals surface area contributed by atoms with E-state index in [0.29, 0.717) is 29.8 Å². The highest BCUT2D eigenvalue weighted by atomic mass is 16.5. The Balaban J connectivity index is 1.46. The number of oxazole rings is 1. The lowest BCUT2D eigenvalue weighted by Crippen LogP contribution is -2.30. The lowest BCUT2D eigenvalue weighted by molar-refractivity contribution is 0.0938. The second-order valence-electron chi connectivity index (χ2n) is 6.30. The predicted octanol–water partition coefficient (Wildman–Crippen LogP) is 3.57. The van der Waals surface area contributed by atoms with E-state index in [1.54, 1.807) is 19.2 Å². The molecule has 6 nitrogen and oxygen atoms in total. The van der Waals surface area contributed by atoms with Crippen molar-refractivity contribution in [2.75, 3.05) is 13.7 Å². The van der Waals surface area contributed by atoms with Gasteiger partial charge in [0.15, 0.2) is 12.3 Å². The Morgan fingerprint density at radius 2 is 1.92 bits per heavy atom. The van der Waals surface area contributed by atoms with E-state index in [2.05, 4.69) is 10.3 Å². The Morgan fingerprint density at radius 3 is 2.64 bits per heavy atom. The molecular formula is C19H24N2O4. The molecule has 1 aromatic carbocycles. The van der Waals surface area contributed by atoms with E-state index in [-0.39, 0.29) is 12.5 Å². The minimum absolute atomic E-state index is 0.169. The van der Waals surface area contributed by atoms with Crippen molar-refractivity contribution >= 4 is 5.91 Å². The van der Waals surface area contributed by atoms with Crippen LogP contribution in [0.3, 0.4) is 0 Å². The maximum atomic E-state index is 12.2. The number of aromatic nitrogens is 1. The van der Waals surface area contributed by atoms with Crippen LogP contribution in [-0.2, 0) is 6.61 Å². The van der Waals surface area contributed by atoms with E-state index >= 15 is 0 Å². The van der Waals surface area contributed by atoms with Crippen molar-refractivity contribution in [2.45, 2.75) is 38.7 Å². The van der Waals surface area contributed by atoms with Crippen LogP contribution in [0.25, 0.3) is 0 Å². The maximum Gasteiger partial charge on any atom is 0.273 e. The van der Waals surface area contributed by atoms with E-state index in [9.17, 15) is 4.79 Å². The van der Waals surface area contributed by atoms with Crippen LogP contribution in [-0.4, -0.2) is 24.5 Å². The molecule has 1 aliphatic rings. The summed E-state index contributed by atoms with van der Waals surface area (Å²) >= 11 is 0. The molecule has 1 aromatic heterocycles. The van der Waals surface area contributed by atoms with Gasteiger partial charge in [0, 0.05) is 6.54 Å². The second-order valence-corrected chi connectivity index (χ2v) is 6.30. The number of methoxy groups -OCH3 is 1. The Labute approximate surface area is 147 Å². The number of nitrogens with one attached hydrogen (secondary N) is 1. The molecule has 1 saturated carbocycles. The SMILES string of the molecule is COc1ccc(OCc2nc(C(=O)NCC3CCCCC3)co2)cc1. The summed E-state index contributed by atoms with van der Waals surface area (Å²) in [6.45, 7) is 0.881. The lowest BCUT2D eigenvalue weighted by atomic mass is 9.89. The minimum Gasteiger partial charge on any atom is -0.497 e. The molecule has 25 heavy (non-hydrogen) atoms. The average molecular weight is 344 g/mol.